The number of hydrogen-bond donors (Lipinski definition) is 2. The van der Waals surface area contributed by atoms with Crippen molar-refractivity contribution in [3.63, 3.8) is 0 Å². The normalized spacial score (nSPS) is 23.9. The molecule has 3 aromatic rings. The van der Waals surface area contributed by atoms with E-state index >= 15 is 0 Å². The summed E-state index contributed by atoms with van der Waals surface area (Å²) < 4.78 is 63.1. The number of aliphatic hydroxyl groups excluding tert-OH is 1. The number of sulfonamides is 1. The summed E-state index contributed by atoms with van der Waals surface area (Å²) in [5, 5.41) is 16.8. The Morgan fingerprint density at radius 2 is 2.00 bits per heavy atom. The minimum atomic E-state index is -3.95. The van der Waals surface area contributed by atoms with Crippen LogP contribution in [0.1, 0.15) is 35.8 Å². The monoisotopic (exact) mass is 571 g/mol. The van der Waals surface area contributed by atoms with Crippen LogP contribution in [0.3, 0.4) is 0 Å². The number of piperidine rings is 1. The van der Waals surface area contributed by atoms with Gasteiger partial charge in [0.05, 0.1) is 37.8 Å². The number of pyridine rings is 1. The number of halogens is 2. The number of aliphatic hydroxyl groups is 1. The van der Waals surface area contributed by atoms with Crippen LogP contribution in [-0.4, -0.2) is 78.6 Å². The van der Waals surface area contributed by atoms with Crippen molar-refractivity contribution in [1.82, 2.24) is 19.5 Å². The number of aromatic nitrogens is 3. The van der Waals surface area contributed by atoms with Crippen molar-refractivity contribution < 1.29 is 27.0 Å². The van der Waals surface area contributed by atoms with E-state index in [1.165, 1.54) is 28.7 Å². The largest absolute Gasteiger partial charge is 0.394 e. The first kappa shape index (κ1) is 27.0. The number of fused-ring (bicyclic) bond motifs is 2. The molecule has 9 nitrogen and oxygen atoms in total. The first-order valence-corrected chi connectivity index (χ1v) is 14.8. The fraction of sp³-hybridized carbons (Fsp3) is 0.429. The van der Waals surface area contributed by atoms with Gasteiger partial charge in [0.25, 0.3) is 0 Å². The summed E-state index contributed by atoms with van der Waals surface area (Å²) in [4.78, 5) is 6.22. The second kappa shape index (κ2) is 10.7. The number of anilines is 1. The highest BCUT2D eigenvalue weighted by Gasteiger charge is 2.51. The van der Waals surface area contributed by atoms with Crippen LogP contribution >= 0.6 is 0 Å². The van der Waals surface area contributed by atoms with E-state index in [9.17, 15) is 22.3 Å². The van der Waals surface area contributed by atoms with Crippen LogP contribution in [0.2, 0.25) is 0 Å². The summed E-state index contributed by atoms with van der Waals surface area (Å²) in [5.41, 5.74) is 2.67. The van der Waals surface area contributed by atoms with Crippen LogP contribution in [0, 0.1) is 11.2 Å². The zero-order valence-corrected chi connectivity index (χ0v) is 22.7. The lowest BCUT2D eigenvalue weighted by atomic mass is 9.64. The molecule has 0 spiro atoms. The van der Waals surface area contributed by atoms with E-state index in [1.807, 2.05) is 11.0 Å². The molecule has 0 saturated carbocycles. The zero-order chi connectivity index (χ0) is 27.9. The summed E-state index contributed by atoms with van der Waals surface area (Å²) in [6.45, 7) is 0.966. The van der Waals surface area contributed by atoms with Gasteiger partial charge in [-0.2, -0.15) is 9.40 Å². The van der Waals surface area contributed by atoms with E-state index in [0.29, 0.717) is 37.2 Å². The van der Waals surface area contributed by atoms with E-state index in [2.05, 4.69) is 15.2 Å². The van der Waals surface area contributed by atoms with Crippen LogP contribution in [0.4, 0.5) is 14.6 Å². The number of ether oxygens (including phenoxy) is 1. The topological polar surface area (TPSA) is 112 Å². The minimum absolute atomic E-state index is 0.0314. The zero-order valence-electron chi connectivity index (χ0n) is 21.8. The summed E-state index contributed by atoms with van der Waals surface area (Å²) in [6.07, 6.45) is 4.84. The van der Waals surface area contributed by atoms with Gasteiger partial charge in [-0.1, -0.05) is 17.7 Å². The summed E-state index contributed by atoms with van der Waals surface area (Å²) in [5.74, 6) is 0.159. The van der Waals surface area contributed by atoms with Crippen LogP contribution in [0.15, 0.2) is 59.3 Å². The molecule has 0 bridgehead atoms. The lowest BCUT2D eigenvalue weighted by molar-refractivity contribution is -0.0529. The fourth-order valence-corrected chi connectivity index (χ4v) is 7.65. The Hall–Kier alpha value is -3.19. The van der Waals surface area contributed by atoms with Crippen LogP contribution in [-0.2, 0) is 21.2 Å². The Morgan fingerprint density at radius 1 is 1.18 bits per heavy atom. The van der Waals surface area contributed by atoms with Gasteiger partial charge in [0, 0.05) is 31.2 Å². The Kier molecular flexibility index (Phi) is 7.19. The number of aromatic amines is 1. The number of nitrogens with zero attached hydrogens (tertiary/aromatic N) is 4. The van der Waals surface area contributed by atoms with Crippen molar-refractivity contribution in [3.05, 3.63) is 77.0 Å². The van der Waals surface area contributed by atoms with E-state index in [-0.39, 0.29) is 37.7 Å². The van der Waals surface area contributed by atoms with Gasteiger partial charge in [0.1, 0.15) is 22.7 Å². The molecule has 2 saturated heterocycles. The minimum Gasteiger partial charge on any atom is -0.394 e. The Balaban J connectivity index is 1.37. The quantitative estimate of drug-likeness (QED) is 0.427. The number of benzene rings is 1. The molecular formula is C28H31F2N5O4S. The maximum absolute atomic E-state index is 13.9. The van der Waals surface area contributed by atoms with E-state index in [4.69, 9.17) is 4.74 Å². The Bertz CT molecular complexity index is 1500. The van der Waals surface area contributed by atoms with Crippen molar-refractivity contribution in [2.75, 3.05) is 44.3 Å². The molecule has 1 aliphatic carbocycles. The molecule has 2 unspecified atom stereocenters. The molecular weight excluding hydrogens is 540 g/mol. The maximum Gasteiger partial charge on any atom is 0.244 e. The lowest BCUT2D eigenvalue weighted by Crippen LogP contribution is -2.52. The molecule has 2 aliphatic heterocycles. The van der Waals surface area contributed by atoms with Crippen molar-refractivity contribution in [3.8, 4) is 0 Å². The highest BCUT2D eigenvalue weighted by molar-refractivity contribution is 7.89. The SMILES string of the molecule is O=S(=O)(c1ccc(N2CCC(F)C2)nc1)N1CCC2=Cc3[nH]ncc3CC2([C@H](OCCO)c2ccc(F)cc2)C1. The van der Waals surface area contributed by atoms with Crippen LogP contribution in [0.25, 0.3) is 6.08 Å². The number of H-pyrrole nitrogens is 1. The van der Waals surface area contributed by atoms with Gasteiger partial charge in [-0.15, -0.1) is 0 Å². The molecule has 3 aliphatic rings. The lowest BCUT2D eigenvalue weighted by Gasteiger charge is -2.50. The average Bonchev–Trinajstić information content (AvgIpc) is 3.60. The molecule has 4 heterocycles. The molecule has 40 heavy (non-hydrogen) atoms. The third-order valence-electron chi connectivity index (χ3n) is 8.17. The molecule has 1 aromatic carbocycles. The van der Waals surface area contributed by atoms with E-state index in [1.54, 1.807) is 24.4 Å². The first-order valence-electron chi connectivity index (χ1n) is 13.4. The summed E-state index contributed by atoms with van der Waals surface area (Å²) >= 11 is 0. The van der Waals surface area contributed by atoms with Crippen molar-refractivity contribution in [1.29, 1.82) is 0 Å². The summed E-state index contributed by atoms with van der Waals surface area (Å²) in [7, 11) is -3.95. The highest BCUT2D eigenvalue weighted by atomic mass is 32.2. The number of nitrogens with one attached hydrogen (secondary N) is 1. The first-order chi connectivity index (χ1) is 19.3. The standard InChI is InChI=1S/C28H31F2N5O4S/c29-22-3-1-19(2-4-22)27(39-12-11-36)28-14-20-15-32-33-25(20)13-21(28)7-10-35(18-28)40(37,38)24-5-6-26(31-16-24)34-9-8-23(30)17-34/h1-6,13,15-16,23,27,36H,7-12,14,17-18H2,(H,32,33)/t23?,27-,28?/m1/s1. The molecule has 3 atom stereocenters. The molecule has 212 valence electrons. The number of alkyl halides is 1. The molecule has 2 N–H and O–H groups in total. The van der Waals surface area contributed by atoms with Gasteiger partial charge in [-0.3, -0.25) is 5.10 Å². The Labute approximate surface area is 231 Å². The second-order valence-corrected chi connectivity index (χ2v) is 12.5. The number of hydrogen-bond acceptors (Lipinski definition) is 7. The van der Waals surface area contributed by atoms with Gasteiger partial charge in [-0.05, 0) is 60.7 Å². The maximum atomic E-state index is 13.9. The fourth-order valence-electron chi connectivity index (χ4n) is 6.19. The smallest absolute Gasteiger partial charge is 0.244 e. The van der Waals surface area contributed by atoms with Gasteiger partial charge in [-0.25, -0.2) is 22.2 Å². The predicted octanol–water partition coefficient (Wildman–Crippen LogP) is 3.26. The predicted molar refractivity (Wildman–Crippen MR) is 144 cm³/mol. The molecule has 6 rings (SSSR count). The van der Waals surface area contributed by atoms with Crippen molar-refractivity contribution in [2.24, 2.45) is 5.41 Å². The second-order valence-electron chi connectivity index (χ2n) is 10.6. The van der Waals surface area contributed by atoms with Gasteiger partial charge < -0.3 is 14.7 Å². The molecule has 0 amide bonds. The molecule has 12 heteroatoms. The number of rotatable bonds is 8. The van der Waals surface area contributed by atoms with Crippen LogP contribution < -0.4 is 4.90 Å². The van der Waals surface area contributed by atoms with Crippen molar-refractivity contribution >= 4 is 21.9 Å². The molecule has 2 aromatic heterocycles. The average molecular weight is 572 g/mol. The van der Waals surface area contributed by atoms with E-state index < -0.39 is 33.5 Å². The van der Waals surface area contributed by atoms with Gasteiger partial charge in [0.2, 0.25) is 10.0 Å². The van der Waals surface area contributed by atoms with Crippen molar-refractivity contribution in [2.45, 2.75) is 36.4 Å². The third-order valence-corrected chi connectivity index (χ3v) is 10.00. The van der Waals surface area contributed by atoms with E-state index in [0.717, 1.165) is 16.8 Å². The Morgan fingerprint density at radius 3 is 2.70 bits per heavy atom. The summed E-state index contributed by atoms with van der Waals surface area (Å²) in [6, 6.07) is 9.14. The van der Waals surface area contributed by atoms with Crippen LogP contribution in [0.5, 0.6) is 0 Å². The molecule has 0 radical (unpaired) electrons. The van der Waals surface area contributed by atoms with Gasteiger partial charge in [0.15, 0.2) is 0 Å². The van der Waals surface area contributed by atoms with Gasteiger partial charge >= 0.3 is 0 Å². The molecule has 2 fully saturated rings. The highest BCUT2D eigenvalue weighted by Crippen LogP contribution is 2.53. The third kappa shape index (κ3) is 4.83.